The van der Waals surface area contributed by atoms with E-state index < -0.39 is 0 Å². The first-order chi connectivity index (χ1) is 9.29. The fourth-order valence-corrected chi connectivity index (χ4v) is 3.31. The van der Waals surface area contributed by atoms with Gasteiger partial charge in [-0.05, 0) is 25.3 Å². The molecule has 0 radical (unpaired) electrons. The first kappa shape index (κ1) is 13.1. The SMILES string of the molecule is CC1(c2ccccc2)CNCCN1CC1CCCO1. The summed E-state index contributed by atoms with van der Waals surface area (Å²) in [6.45, 7) is 7.56. The van der Waals surface area contributed by atoms with Gasteiger partial charge in [-0.15, -0.1) is 0 Å². The van der Waals surface area contributed by atoms with Crippen LogP contribution in [0.4, 0.5) is 0 Å². The van der Waals surface area contributed by atoms with Crippen molar-refractivity contribution in [3.8, 4) is 0 Å². The van der Waals surface area contributed by atoms with E-state index in [1.807, 2.05) is 0 Å². The number of nitrogens with zero attached hydrogens (tertiary/aromatic N) is 1. The van der Waals surface area contributed by atoms with E-state index in [4.69, 9.17) is 4.74 Å². The molecule has 2 unspecified atom stereocenters. The highest BCUT2D eigenvalue weighted by atomic mass is 16.5. The predicted octanol–water partition coefficient (Wildman–Crippen LogP) is 1.99. The van der Waals surface area contributed by atoms with Gasteiger partial charge in [-0.2, -0.15) is 0 Å². The topological polar surface area (TPSA) is 24.5 Å². The fourth-order valence-electron chi connectivity index (χ4n) is 3.31. The monoisotopic (exact) mass is 260 g/mol. The highest BCUT2D eigenvalue weighted by Gasteiger charge is 2.37. The predicted molar refractivity (Wildman–Crippen MR) is 77.2 cm³/mol. The minimum absolute atomic E-state index is 0.0887. The molecule has 0 saturated carbocycles. The third kappa shape index (κ3) is 2.69. The summed E-state index contributed by atoms with van der Waals surface area (Å²) < 4.78 is 5.82. The number of hydrogen-bond acceptors (Lipinski definition) is 3. The van der Waals surface area contributed by atoms with E-state index in [9.17, 15) is 0 Å². The lowest BCUT2D eigenvalue weighted by molar-refractivity contribution is 0.00996. The smallest absolute Gasteiger partial charge is 0.0703 e. The van der Waals surface area contributed by atoms with E-state index in [0.29, 0.717) is 6.10 Å². The van der Waals surface area contributed by atoms with E-state index in [1.165, 1.54) is 18.4 Å². The Labute approximate surface area is 115 Å². The summed E-state index contributed by atoms with van der Waals surface area (Å²) in [7, 11) is 0. The molecule has 1 aromatic rings. The molecular weight excluding hydrogens is 236 g/mol. The van der Waals surface area contributed by atoms with Crippen molar-refractivity contribution in [1.82, 2.24) is 10.2 Å². The van der Waals surface area contributed by atoms with Crippen LogP contribution in [0, 0.1) is 0 Å². The van der Waals surface area contributed by atoms with Gasteiger partial charge in [0.15, 0.2) is 0 Å². The van der Waals surface area contributed by atoms with Crippen LogP contribution < -0.4 is 5.32 Å². The maximum absolute atomic E-state index is 5.82. The second-order valence-corrected chi connectivity index (χ2v) is 5.90. The molecule has 104 valence electrons. The summed E-state index contributed by atoms with van der Waals surface area (Å²) in [6.07, 6.45) is 2.87. The molecule has 3 rings (SSSR count). The molecule has 2 aliphatic heterocycles. The molecule has 2 atom stereocenters. The molecule has 1 N–H and O–H groups in total. The average Bonchev–Trinajstić information content (AvgIpc) is 2.96. The summed E-state index contributed by atoms with van der Waals surface area (Å²) in [5, 5.41) is 3.55. The van der Waals surface area contributed by atoms with Gasteiger partial charge in [0.1, 0.15) is 0 Å². The lowest BCUT2D eigenvalue weighted by atomic mass is 9.88. The summed E-state index contributed by atoms with van der Waals surface area (Å²) in [4.78, 5) is 2.61. The molecule has 0 aromatic heterocycles. The molecule has 19 heavy (non-hydrogen) atoms. The van der Waals surface area contributed by atoms with Gasteiger partial charge in [0.05, 0.1) is 11.6 Å². The van der Waals surface area contributed by atoms with Crippen molar-refractivity contribution in [2.75, 3.05) is 32.8 Å². The fraction of sp³-hybridized carbons (Fsp3) is 0.625. The lowest BCUT2D eigenvalue weighted by Gasteiger charge is -2.46. The van der Waals surface area contributed by atoms with Crippen LogP contribution in [0.2, 0.25) is 0 Å². The molecule has 1 aromatic carbocycles. The Morgan fingerprint density at radius 3 is 2.95 bits per heavy atom. The van der Waals surface area contributed by atoms with Crippen molar-refractivity contribution in [3.63, 3.8) is 0 Å². The Balaban J connectivity index is 1.79. The summed E-state index contributed by atoms with van der Waals surface area (Å²) in [5.74, 6) is 0. The maximum atomic E-state index is 5.82. The van der Waals surface area contributed by atoms with Gasteiger partial charge in [0.2, 0.25) is 0 Å². The van der Waals surface area contributed by atoms with E-state index in [-0.39, 0.29) is 5.54 Å². The number of nitrogens with one attached hydrogen (secondary N) is 1. The highest BCUT2D eigenvalue weighted by molar-refractivity contribution is 5.25. The maximum Gasteiger partial charge on any atom is 0.0703 e. The average molecular weight is 260 g/mol. The minimum atomic E-state index is 0.0887. The number of benzene rings is 1. The molecule has 0 aliphatic carbocycles. The van der Waals surface area contributed by atoms with Gasteiger partial charge in [-0.25, -0.2) is 0 Å². The normalized spacial score (nSPS) is 32.6. The van der Waals surface area contributed by atoms with Crippen molar-refractivity contribution in [1.29, 1.82) is 0 Å². The Hall–Kier alpha value is -0.900. The molecule has 2 heterocycles. The number of piperazine rings is 1. The van der Waals surface area contributed by atoms with Gasteiger partial charge in [-0.3, -0.25) is 4.90 Å². The lowest BCUT2D eigenvalue weighted by Crippen LogP contribution is -2.59. The molecule has 3 heteroatoms. The largest absolute Gasteiger partial charge is 0.377 e. The van der Waals surface area contributed by atoms with Crippen molar-refractivity contribution in [2.45, 2.75) is 31.4 Å². The number of hydrogen-bond donors (Lipinski definition) is 1. The zero-order valence-corrected chi connectivity index (χ0v) is 11.8. The molecule has 2 aliphatic rings. The number of rotatable bonds is 3. The van der Waals surface area contributed by atoms with Crippen molar-refractivity contribution in [2.24, 2.45) is 0 Å². The van der Waals surface area contributed by atoms with Crippen LogP contribution in [0.15, 0.2) is 30.3 Å². The summed E-state index contributed by atoms with van der Waals surface area (Å²) >= 11 is 0. The van der Waals surface area contributed by atoms with Crippen LogP contribution in [0.25, 0.3) is 0 Å². The van der Waals surface area contributed by atoms with Crippen LogP contribution in [-0.4, -0.2) is 43.8 Å². The van der Waals surface area contributed by atoms with Crippen LogP contribution in [0.1, 0.15) is 25.3 Å². The van der Waals surface area contributed by atoms with Gasteiger partial charge in [0, 0.05) is 32.8 Å². The molecule has 2 saturated heterocycles. The molecule has 0 bridgehead atoms. The van der Waals surface area contributed by atoms with Gasteiger partial charge in [-0.1, -0.05) is 30.3 Å². The van der Waals surface area contributed by atoms with E-state index in [0.717, 1.165) is 32.8 Å². The van der Waals surface area contributed by atoms with Crippen LogP contribution in [-0.2, 0) is 10.3 Å². The van der Waals surface area contributed by atoms with Crippen molar-refractivity contribution in [3.05, 3.63) is 35.9 Å². The third-order valence-electron chi connectivity index (χ3n) is 4.57. The minimum Gasteiger partial charge on any atom is -0.377 e. The van der Waals surface area contributed by atoms with Gasteiger partial charge >= 0.3 is 0 Å². The molecular formula is C16H24N2O. The number of ether oxygens (including phenoxy) is 1. The molecule has 0 amide bonds. The first-order valence-electron chi connectivity index (χ1n) is 7.42. The Morgan fingerprint density at radius 2 is 2.21 bits per heavy atom. The van der Waals surface area contributed by atoms with Crippen LogP contribution >= 0.6 is 0 Å². The van der Waals surface area contributed by atoms with Gasteiger partial charge < -0.3 is 10.1 Å². The second-order valence-electron chi connectivity index (χ2n) is 5.90. The van der Waals surface area contributed by atoms with E-state index in [2.05, 4.69) is 47.5 Å². The summed E-state index contributed by atoms with van der Waals surface area (Å²) in [6, 6.07) is 10.9. The summed E-state index contributed by atoms with van der Waals surface area (Å²) in [5.41, 5.74) is 1.49. The standard InChI is InChI=1S/C16H24N2O/c1-16(14-6-3-2-4-7-14)13-17-9-10-18(16)12-15-8-5-11-19-15/h2-4,6-7,15,17H,5,8-13H2,1H3. The van der Waals surface area contributed by atoms with Crippen LogP contribution in [0.3, 0.4) is 0 Å². The molecule has 3 nitrogen and oxygen atoms in total. The van der Waals surface area contributed by atoms with E-state index >= 15 is 0 Å². The third-order valence-corrected chi connectivity index (χ3v) is 4.57. The highest BCUT2D eigenvalue weighted by Crippen LogP contribution is 2.30. The Bertz CT molecular complexity index is 402. The molecule has 0 spiro atoms. The van der Waals surface area contributed by atoms with E-state index in [1.54, 1.807) is 0 Å². The van der Waals surface area contributed by atoms with Crippen molar-refractivity contribution < 1.29 is 4.74 Å². The first-order valence-corrected chi connectivity index (χ1v) is 7.42. The Kier molecular flexibility index (Phi) is 3.87. The second kappa shape index (κ2) is 5.61. The van der Waals surface area contributed by atoms with Crippen LogP contribution in [0.5, 0.6) is 0 Å². The Morgan fingerprint density at radius 1 is 1.37 bits per heavy atom. The van der Waals surface area contributed by atoms with Crippen molar-refractivity contribution >= 4 is 0 Å². The quantitative estimate of drug-likeness (QED) is 0.899. The zero-order chi connectivity index (χ0) is 13.1. The van der Waals surface area contributed by atoms with Gasteiger partial charge in [0.25, 0.3) is 0 Å². The molecule has 2 fully saturated rings. The zero-order valence-electron chi connectivity index (χ0n) is 11.8.